The van der Waals surface area contributed by atoms with Crippen molar-refractivity contribution < 1.29 is 0 Å². The van der Waals surface area contributed by atoms with Crippen LogP contribution in [0.2, 0.25) is 0 Å². The summed E-state index contributed by atoms with van der Waals surface area (Å²) < 4.78 is 1.80. The number of fused-ring (bicyclic) bond motifs is 1. The molecule has 16 heavy (non-hydrogen) atoms. The Kier molecular flexibility index (Phi) is 2.64. The molecule has 1 aromatic rings. The molecule has 0 radical (unpaired) electrons. The molecule has 1 aliphatic rings. The summed E-state index contributed by atoms with van der Waals surface area (Å²) in [7, 11) is 1.85. The minimum atomic E-state index is -0.227. The number of nitrogens with zero attached hydrogens (tertiary/aromatic N) is 2. The van der Waals surface area contributed by atoms with Crippen molar-refractivity contribution in [1.82, 2.24) is 9.55 Å². The van der Waals surface area contributed by atoms with Crippen LogP contribution in [0.5, 0.6) is 0 Å². The average molecular weight is 217 g/mol. The topological polar surface area (TPSA) is 60.9 Å². The second kappa shape index (κ2) is 3.96. The molecule has 1 aliphatic carbocycles. The van der Waals surface area contributed by atoms with Crippen LogP contribution >= 0.6 is 0 Å². The summed E-state index contributed by atoms with van der Waals surface area (Å²) in [6.07, 6.45) is 7.74. The summed E-state index contributed by atoms with van der Waals surface area (Å²) in [6, 6.07) is 0. The first kappa shape index (κ1) is 10.7. The fourth-order valence-electron chi connectivity index (χ4n) is 1.97. The quantitative estimate of drug-likeness (QED) is 0.711. The van der Waals surface area contributed by atoms with Gasteiger partial charge in [-0.1, -0.05) is 18.2 Å². The minimum absolute atomic E-state index is 0.227. The molecule has 0 aromatic carbocycles. The molecule has 4 nitrogen and oxygen atoms in total. The van der Waals surface area contributed by atoms with Gasteiger partial charge in [0, 0.05) is 12.7 Å². The van der Waals surface area contributed by atoms with E-state index in [1.54, 1.807) is 4.57 Å². The first-order valence-corrected chi connectivity index (χ1v) is 5.30. The van der Waals surface area contributed by atoms with Crippen LogP contribution in [0.4, 0.5) is 5.95 Å². The zero-order chi connectivity index (χ0) is 11.7. The molecule has 0 bridgehead atoms. The third-order valence-electron chi connectivity index (χ3n) is 2.89. The van der Waals surface area contributed by atoms with Crippen molar-refractivity contribution in [3.05, 3.63) is 39.8 Å². The Morgan fingerprint density at radius 1 is 1.50 bits per heavy atom. The number of hydrogen-bond acceptors (Lipinski definition) is 3. The molecule has 0 fully saturated rings. The van der Waals surface area contributed by atoms with E-state index in [4.69, 9.17) is 5.73 Å². The molecule has 84 valence electrons. The monoisotopic (exact) mass is 217 g/mol. The molecule has 0 saturated heterocycles. The van der Waals surface area contributed by atoms with Crippen LogP contribution in [-0.2, 0) is 13.5 Å². The molecule has 1 aromatic heterocycles. The largest absolute Gasteiger partial charge is 0.369 e. The molecular formula is C12H15N3O. The summed E-state index contributed by atoms with van der Waals surface area (Å²) in [5.74, 6) is 0.279. The van der Waals surface area contributed by atoms with E-state index in [2.05, 4.69) is 11.1 Å². The first-order chi connectivity index (χ1) is 7.61. The van der Waals surface area contributed by atoms with Gasteiger partial charge in [-0.15, -0.1) is 0 Å². The van der Waals surface area contributed by atoms with Crippen molar-refractivity contribution in [2.75, 3.05) is 5.73 Å². The highest BCUT2D eigenvalue weighted by atomic mass is 16.1. The third kappa shape index (κ3) is 1.66. The minimum Gasteiger partial charge on any atom is -0.369 e. The molecule has 0 unspecified atom stereocenters. The van der Waals surface area contributed by atoms with Gasteiger partial charge in [-0.3, -0.25) is 4.79 Å². The van der Waals surface area contributed by atoms with E-state index in [1.165, 1.54) is 0 Å². The van der Waals surface area contributed by atoms with Crippen molar-refractivity contribution in [2.24, 2.45) is 7.05 Å². The van der Waals surface area contributed by atoms with E-state index >= 15 is 0 Å². The lowest BCUT2D eigenvalue weighted by molar-refractivity contribution is 0.766. The van der Waals surface area contributed by atoms with Gasteiger partial charge in [0.1, 0.15) is 0 Å². The van der Waals surface area contributed by atoms with Gasteiger partial charge in [0.15, 0.2) is 0 Å². The van der Waals surface area contributed by atoms with Crippen molar-refractivity contribution in [1.29, 1.82) is 0 Å². The zero-order valence-electron chi connectivity index (χ0n) is 9.53. The third-order valence-corrected chi connectivity index (χ3v) is 2.89. The van der Waals surface area contributed by atoms with E-state index in [0.29, 0.717) is 5.56 Å². The fourth-order valence-corrected chi connectivity index (χ4v) is 1.97. The molecular weight excluding hydrogens is 202 g/mol. The summed E-state index contributed by atoms with van der Waals surface area (Å²) in [5, 5.41) is 0. The van der Waals surface area contributed by atoms with Crippen molar-refractivity contribution >= 4 is 11.5 Å². The number of nitrogens with two attached hydrogens (primary N) is 1. The van der Waals surface area contributed by atoms with E-state index in [-0.39, 0.29) is 11.5 Å². The van der Waals surface area contributed by atoms with Crippen molar-refractivity contribution in [2.45, 2.75) is 19.8 Å². The van der Waals surface area contributed by atoms with Crippen LogP contribution in [0.25, 0.3) is 5.57 Å². The van der Waals surface area contributed by atoms with Crippen LogP contribution in [0.3, 0.4) is 0 Å². The normalized spacial score (nSPS) is 20.2. The molecule has 0 saturated carbocycles. The number of nitrogen functional groups attached to an aromatic ring is 1. The van der Waals surface area contributed by atoms with Crippen molar-refractivity contribution in [3.63, 3.8) is 0 Å². The maximum atomic E-state index is 11.8. The maximum Gasteiger partial charge on any atom is 0.282 e. The van der Waals surface area contributed by atoms with Crippen LogP contribution in [0.15, 0.2) is 23.0 Å². The average Bonchev–Trinajstić information content (AvgIpc) is 2.20. The number of anilines is 1. The second-order valence-electron chi connectivity index (χ2n) is 3.97. The Labute approximate surface area is 94.1 Å². The molecule has 4 heteroatoms. The predicted molar refractivity (Wildman–Crippen MR) is 65.0 cm³/mol. The maximum absolute atomic E-state index is 11.8. The number of aromatic nitrogens is 2. The Bertz CT molecular complexity index is 538. The van der Waals surface area contributed by atoms with Gasteiger partial charge in [0.05, 0.1) is 5.56 Å². The van der Waals surface area contributed by atoms with Gasteiger partial charge < -0.3 is 10.3 Å². The van der Waals surface area contributed by atoms with Crippen LogP contribution in [-0.4, -0.2) is 9.55 Å². The predicted octanol–water partition coefficient (Wildman–Crippen LogP) is 1.27. The molecule has 0 aliphatic heterocycles. The van der Waals surface area contributed by atoms with Gasteiger partial charge in [-0.2, -0.15) is 4.98 Å². The summed E-state index contributed by atoms with van der Waals surface area (Å²) in [5.41, 5.74) is 8.07. The lowest BCUT2D eigenvalue weighted by Gasteiger charge is -2.16. The number of rotatable bonds is 0. The lowest BCUT2D eigenvalue weighted by atomic mass is 10.0. The fraction of sp³-hybridized carbons (Fsp3) is 0.333. The molecule has 2 rings (SSSR count). The molecule has 1 heterocycles. The zero-order valence-corrected chi connectivity index (χ0v) is 9.53. The summed E-state index contributed by atoms with van der Waals surface area (Å²) in [4.78, 5) is 15.7. The highest BCUT2D eigenvalue weighted by molar-refractivity contribution is 5.67. The van der Waals surface area contributed by atoms with Gasteiger partial charge in [0.25, 0.3) is 5.56 Å². The van der Waals surface area contributed by atoms with Gasteiger partial charge in [0.2, 0.25) is 5.95 Å². The smallest absolute Gasteiger partial charge is 0.282 e. The molecule has 0 atom stereocenters. The van der Waals surface area contributed by atoms with Gasteiger partial charge in [-0.05, 0) is 25.3 Å². The number of allylic oxidation sites excluding steroid dienone is 4. The van der Waals surface area contributed by atoms with E-state index in [9.17, 15) is 4.79 Å². The van der Waals surface area contributed by atoms with E-state index in [1.807, 2.05) is 26.1 Å². The standard InChI is InChI=1S/C12H15N3O/c1-8-6-4-3-5-7-9-10(8)11(16)14-12(13)15(9)2/h3-4,6H,5,7H2,1-2H3,(H2,13,14,16)/b4-3-,8-6-. The highest BCUT2D eigenvalue weighted by Crippen LogP contribution is 2.19. The highest BCUT2D eigenvalue weighted by Gasteiger charge is 2.14. The lowest BCUT2D eigenvalue weighted by Crippen LogP contribution is -2.23. The Balaban J connectivity index is 2.78. The molecule has 0 amide bonds. The van der Waals surface area contributed by atoms with Gasteiger partial charge in [-0.25, -0.2) is 0 Å². The van der Waals surface area contributed by atoms with E-state index < -0.39 is 0 Å². The Morgan fingerprint density at radius 2 is 2.25 bits per heavy atom. The van der Waals surface area contributed by atoms with E-state index in [0.717, 1.165) is 24.1 Å². The Morgan fingerprint density at radius 3 is 3.00 bits per heavy atom. The molecule has 2 N–H and O–H groups in total. The first-order valence-electron chi connectivity index (χ1n) is 5.30. The van der Waals surface area contributed by atoms with Crippen LogP contribution in [0.1, 0.15) is 24.6 Å². The SMILES string of the molecule is C/C1=C/C=C\CCc2c1c(=O)nc(N)n2C. The van der Waals surface area contributed by atoms with Crippen LogP contribution in [0, 0.1) is 0 Å². The summed E-state index contributed by atoms with van der Waals surface area (Å²) >= 11 is 0. The second-order valence-corrected chi connectivity index (χ2v) is 3.97. The van der Waals surface area contributed by atoms with Gasteiger partial charge >= 0.3 is 0 Å². The van der Waals surface area contributed by atoms with Crippen LogP contribution < -0.4 is 11.3 Å². The van der Waals surface area contributed by atoms with Crippen molar-refractivity contribution in [3.8, 4) is 0 Å². The Hall–Kier alpha value is -1.84. The summed E-state index contributed by atoms with van der Waals surface area (Å²) in [6.45, 7) is 1.92. The number of hydrogen-bond donors (Lipinski definition) is 1. The molecule has 0 spiro atoms.